The van der Waals surface area contributed by atoms with Crippen LogP contribution in [0.1, 0.15) is 0 Å². The molecule has 8 nitrogen and oxygen atoms in total. The van der Waals surface area contributed by atoms with Gasteiger partial charge in [0.25, 0.3) is 0 Å². The molecule has 0 saturated heterocycles. The molecule has 68 valence electrons. The zero-order chi connectivity index (χ0) is 9.00. The maximum absolute atomic E-state index is 8.97. The molecular weight excluding hydrogens is 417 g/mol. The van der Waals surface area contributed by atoms with Crippen LogP contribution in [0.5, 0.6) is 0 Å². The summed E-state index contributed by atoms with van der Waals surface area (Å²) in [5.41, 5.74) is 0. The summed E-state index contributed by atoms with van der Waals surface area (Å²) in [5, 5.41) is 0. The third kappa shape index (κ3) is 208. The van der Waals surface area contributed by atoms with Crippen molar-refractivity contribution in [2.75, 3.05) is 0 Å². The predicted molar refractivity (Wildman–Crippen MR) is 40.5 cm³/mol. The first-order chi connectivity index (χ1) is 4.00. The fourth-order valence-electron chi connectivity index (χ4n) is 0. The van der Waals surface area contributed by atoms with Crippen molar-refractivity contribution in [3.8, 4) is 0 Å². The van der Waals surface area contributed by atoms with Gasteiger partial charge < -0.3 is 0 Å². The minimum absolute atomic E-state index is 0. The fourth-order valence-corrected chi connectivity index (χ4v) is 0. The molecule has 0 aromatic carbocycles. The molecule has 0 radical (unpaired) electrons. The van der Waals surface area contributed by atoms with Gasteiger partial charge in [0, 0.05) is 0 Å². The molecule has 12 heteroatoms. The standard InChI is InChI=1S/2Na.6H2O.2O.2Sb.2H/h;;6*1H2;;;;;;/q;;;;;;;;;;2*+3;;/p-6. The van der Waals surface area contributed by atoms with Gasteiger partial charge in [-0.1, -0.05) is 0 Å². The summed E-state index contributed by atoms with van der Waals surface area (Å²) in [5.74, 6) is 0. The zero-order valence-corrected chi connectivity index (χ0v) is 9.50. The van der Waals surface area contributed by atoms with E-state index < -0.39 is 40.1 Å². The van der Waals surface area contributed by atoms with E-state index in [9.17, 15) is 0 Å². The summed E-state index contributed by atoms with van der Waals surface area (Å²) in [6, 6.07) is 0. The van der Waals surface area contributed by atoms with E-state index in [1.165, 1.54) is 0 Å². The zero-order valence-electron chi connectivity index (χ0n) is 4.39. The summed E-state index contributed by atoms with van der Waals surface area (Å²) in [6.07, 6.45) is 0. The molecular formula is H8Na2O8Sb2. The molecule has 0 amide bonds. The van der Waals surface area contributed by atoms with E-state index in [0.717, 1.165) is 0 Å². The van der Waals surface area contributed by atoms with Crippen molar-refractivity contribution in [2.45, 2.75) is 0 Å². The van der Waals surface area contributed by atoms with Crippen molar-refractivity contribution in [3.63, 3.8) is 0 Å². The van der Waals surface area contributed by atoms with Crippen molar-refractivity contribution in [3.05, 3.63) is 0 Å². The van der Waals surface area contributed by atoms with Crippen LogP contribution in [0, 0.1) is 0 Å². The van der Waals surface area contributed by atoms with Gasteiger partial charge in [0.05, 0.1) is 0 Å². The van der Waals surface area contributed by atoms with Crippen LogP contribution in [0.25, 0.3) is 0 Å². The molecule has 0 heterocycles. The van der Waals surface area contributed by atoms with Crippen LogP contribution in [0.3, 0.4) is 0 Å². The van der Waals surface area contributed by atoms with Crippen LogP contribution >= 0.6 is 0 Å². The van der Waals surface area contributed by atoms with E-state index in [0.29, 0.717) is 0 Å². The number of hydrogen-bond acceptors (Lipinski definition) is 2. The van der Waals surface area contributed by atoms with Gasteiger partial charge >= 0.3 is 126 Å². The number of rotatable bonds is 0. The van der Waals surface area contributed by atoms with Crippen LogP contribution in [0.15, 0.2) is 0 Å². The average Bonchev–Trinajstić information content (AvgIpc) is 1.12. The molecule has 0 fully saturated rings. The quantitative estimate of drug-likeness (QED) is 0.210. The van der Waals surface area contributed by atoms with Gasteiger partial charge in [-0.25, -0.2) is 0 Å². The predicted octanol–water partition coefficient (Wildman–Crippen LogP) is -5.64. The van der Waals surface area contributed by atoms with Crippen molar-refractivity contribution in [1.82, 2.24) is 0 Å². The molecule has 12 heavy (non-hydrogen) atoms. The van der Waals surface area contributed by atoms with Gasteiger partial charge in [0.1, 0.15) is 0 Å². The summed E-state index contributed by atoms with van der Waals surface area (Å²) < 4.78 is 61.6. The molecule has 0 atom stereocenters. The Kier molecular flexibility index (Phi) is 21.3. The Balaban J connectivity index is -0.0000000457. The van der Waals surface area contributed by atoms with Crippen LogP contribution in [-0.4, -0.2) is 120 Å². The van der Waals surface area contributed by atoms with E-state index in [1.54, 1.807) is 0 Å². The first-order valence-corrected chi connectivity index (χ1v) is 10.5. The SMILES string of the molecule is [NaH].[NaH].[O]=[Sb]([OH])([OH])[OH].[O]=[Sb]([OH])([OH])[OH]. The van der Waals surface area contributed by atoms with Gasteiger partial charge in [-0.2, -0.15) is 0 Å². The minimum atomic E-state index is -5.35. The molecule has 0 bridgehead atoms. The molecule has 0 aromatic rings. The Morgan fingerprint density at radius 1 is 0.583 bits per heavy atom. The van der Waals surface area contributed by atoms with Crippen molar-refractivity contribution < 1.29 is 26.3 Å². The van der Waals surface area contributed by atoms with Gasteiger partial charge in [-0.05, 0) is 0 Å². The van der Waals surface area contributed by atoms with E-state index in [2.05, 4.69) is 0 Å². The van der Waals surface area contributed by atoms with Gasteiger partial charge in [-0.3, -0.25) is 0 Å². The Bertz CT molecular complexity index is 127. The summed E-state index contributed by atoms with van der Waals surface area (Å²) >= 11 is -10.7. The van der Waals surface area contributed by atoms with E-state index in [-0.39, 0.29) is 59.1 Å². The maximum atomic E-state index is 8.97. The van der Waals surface area contributed by atoms with Gasteiger partial charge in [0.2, 0.25) is 0 Å². The first-order valence-electron chi connectivity index (χ1n) is 1.57. The Hall–Kier alpha value is 3.00. The van der Waals surface area contributed by atoms with Crippen LogP contribution in [0.4, 0.5) is 0 Å². The monoisotopic (exact) mass is 424 g/mol. The molecule has 0 saturated carbocycles. The molecule has 0 spiro atoms. The second-order valence-electron chi connectivity index (χ2n) is 1.03. The van der Waals surface area contributed by atoms with E-state index in [1.807, 2.05) is 0 Å². The van der Waals surface area contributed by atoms with E-state index >= 15 is 0 Å². The Morgan fingerprint density at radius 2 is 0.583 bits per heavy atom. The van der Waals surface area contributed by atoms with Crippen molar-refractivity contribution >= 4 is 99.2 Å². The first kappa shape index (κ1) is 24.3. The van der Waals surface area contributed by atoms with E-state index in [4.69, 9.17) is 26.3 Å². The third-order valence-electron chi connectivity index (χ3n) is 0. The molecule has 0 aliphatic carbocycles. The summed E-state index contributed by atoms with van der Waals surface area (Å²) in [6.45, 7) is 0. The number of hydrogen-bond donors (Lipinski definition) is 6. The molecule has 0 unspecified atom stereocenters. The summed E-state index contributed by atoms with van der Waals surface area (Å²) in [4.78, 5) is 0. The topological polar surface area (TPSA) is 156 Å². The molecule has 0 aliphatic heterocycles. The van der Waals surface area contributed by atoms with Gasteiger partial charge in [-0.15, -0.1) is 0 Å². The Labute approximate surface area is 123 Å². The van der Waals surface area contributed by atoms with Crippen LogP contribution < -0.4 is 0 Å². The normalized spacial score (nSPS) is 9.83. The second-order valence-corrected chi connectivity index (χ2v) is 6.89. The molecule has 6 N–H and O–H groups in total. The van der Waals surface area contributed by atoms with Gasteiger partial charge in [0.15, 0.2) is 0 Å². The molecule has 0 aromatic heterocycles. The third-order valence-corrected chi connectivity index (χ3v) is 0. The van der Waals surface area contributed by atoms with Crippen LogP contribution in [0.2, 0.25) is 0 Å². The van der Waals surface area contributed by atoms with Crippen molar-refractivity contribution in [2.24, 2.45) is 0 Å². The molecule has 0 rings (SSSR count). The summed E-state index contributed by atoms with van der Waals surface area (Å²) in [7, 11) is 0. The Morgan fingerprint density at radius 3 is 0.583 bits per heavy atom. The average molecular weight is 426 g/mol. The molecule has 0 aliphatic rings. The fraction of sp³-hybridized carbons (Fsp3) is 0. The second kappa shape index (κ2) is 10.5. The van der Waals surface area contributed by atoms with Crippen LogP contribution in [-0.2, 0) is 6.03 Å². The van der Waals surface area contributed by atoms with Crippen molar-refractivity contribution in [1.29, 1.82) is 0 Å².